The number of hydrogen-bond donors (Lipinski definition) is 3. The molecule has 4 N–H and O–H groups in total. The fraction of sp³-hybridized carbons (Fsp3) is 0.545. The molecule has 2 aliphatic heterocycles. The van der Waals surface area contributed by atoms with Crippen LogP contribution in [0.1, 0.15) is 23.5 Å². The van der Waals surface area contributed by atoms with E-state index in [1.54, 1.807) is 12.4 Å². The minimum Gasteiger partial charge on any atom is -0.370 e. The topological polar surface area (TPSA) is 99.4 Å². The number of aromatic amines is 1. The van der Waals surface area contributed by atoms with Crippen molar-refractivity contribution in [1.29, 1.82) is 0 Å². The fourth-order valence-corrected chi connectivity index (χ4v) is 2.54. The van der Waals surface area contributed by atoms with E-state index in [9.17, 15) is 4.79 Å². The van der Waals surface area contributed by atoms with Gasteiger partial charge in [0, 0.05) is 25.5 Å². The molecule has 0 atom stereocenters. The first-order chi connectivity index (χ1) is 8.69. The second kappa shape index (κ2) is 4.01. The molecule has 18 heavy (non-hydrogen) atoms. The second-order valence-electron chi connectivity index (χ2n) is 4.84. The van der Waals surface area contributed by atoms with E-state index in [1.165, 1.54) is 0 Å². The summed E-state index contributed by atoms with van der Waals surface area (Å²) < 4.78 is 0. The average molecular weight is 248 g/mol. The highest BCUT2D eigenvalue weighted by Gasteiger charge is 2.39. The third-order valence-electron chi connectivity index (χ3n) is 3.65. The molecule has 7 nitrogen and oxygen atoms in total. The molecule has 7 heteroatoms. The number of likely N-dealkylation sites (tertiary alicyclic amines) is 1. The summed E-state index contributed by atoms with van der Waals surface area (Å²) in [5, 5.41) is 3.23. The van der Waals surface area contributed by atoms with Crippen LogP contribution in [0.2, 0.25) is 0 Å². The lowest BCUT2D eigenvalue weighted by atomic mass is 9.88. The Bertz CT molecular complexity index is 472. The van der Waals surface area contributed by atoms with E-state index in [2.05, 4.69) is 20.3 Å². The Morgan fingerprint density at radius 1 is 1.44 bits per heavy atom. The number of piperidine rings is 1. The predicted octanol–water partition coefficient (Wildman–Crippen LogP) is -0.698. The van der Waals surface area contributed by atoms with E-state index in [4.69, 9.17) is 5.73 Å². The summed E-state index contributed by atoms with van der Waals surface area (Å²) in [6, 6.07) is 0. The number of nitrogens with zero attached hydrogens (tertiary/aromatic N) is 3. The van der Waals surface area contributed by atoms with Gasteiger partial charge in [0.1, 0.15) is 0 Å². The van der Waals surface area contributed by atoms with E-state index < -0.39 is 0 Å². The van der Waals surface area contributed by atoms with Crippen molar-refractivity contribution in [2.24, 2.45) is 10.7 Å². The minimum atomic E-state index is -0.0401. The van der Waals surface area contributed by atoms with Gasteiger partial charge in [-0.1, -0.05) is 0 Å². The van der Waals surface area contributed by atoms with Crippen molar-refractivity contribution in [2.75, 3.05) is 19.6 Å². The minimum absolute atomic E-state index is 0.0377. The molecule has 1 aromatic heterocycles. The standard InChI is InChI=1S/C11H16N6O/c12-10-15-7-11(16-10)1-5-17(6-2-11)9(18)8-13-3-4-14-8/h3-4H,1-2,5-7H2,(H,13,14)(H3,12,15,16). The molecule has 1 amide bonds. The summed E-state index contributed by atoms with van der Waals surface area (Å²) >= 11 is 0. The summed E-state index contributed by atoms with van der Waals surface area (Å²) in [4.78, 5) is 24.9. The average Bonchev–Trinajstić information content (AvgIpc) is 3.00. The maximum atomic E-state index is 12.1. The zero-order valence-corrected chi connectivity index (χ0v) is 10.0. The molecule has 0 radical (unpaired) electrons. The number of carbonyl (C=O) groups excluding carboxylic acids is 1. The van der Waals surface area contributed by atoms with Crippen LogP contribution in [0.4, 0.5) is 0 Å². The van der Waals surface area contributed by atoms with Gasteiger partial charge in [-0.2, -0.15) is 0 Å². The molecule has 2 aliphatic rings. The number of guanidine groups is 1. The van der Waals surface area contributed by atoms with E-state index >= 15 is 0 Å². The van der Waals surface area contributed by atoms with Gasteiger partial charge >= 0.3 is 0 Å². The van der Waals surface area contributed by atoms with Gasteiger partial charge in [0.25, 0.3) is 5.91 Å². The number of aliphatic imine (C=N–C) groups is 1. The van der Waals surface area contributed by atoms with Crippen molar-refractivity contribution >= 4 is 11.9 Å². The molecule has 0 saturated carbocycles. The highest BCUT2D eigenvalue weighted by molar-refractivity contribution is 5.90. The molecule has 1 spiro atoms. The van der Waals surface area contributed by atoms with Crippen LogP contribution < -0.4 is 11.1 Å². The number of amides is 1. The molecular formula is C11H16N6O. The largest absolute Gasteiger partial charge is 0.370 e. The van der Waals surface area contributed by atoms with Gasteiger partial charge < -0.3 is 20.9 Å². The van der Waals surface area contributed by atoms with Gasteiger partial charge in [-0.3, -0.25) is 9.79 Å². The number of rotatable bonds is 1. The smallest absolute Gasteiger partial charge is 0.289 e. The van der Waals surface area contributed by atoms with Crippen LogP contribution in [-0.4, -0.2) is 51.9 Å². The Labute approximate surface area is 104 Å². The van der Waals surface area contributed by atoms with E-state index in [1.807, 2.05) is 4.90 Å². The van der Waals surface area contributed by atoms with Gasteiger partial charge in [-0.25, -0.2) is 4.98 Å². The summed E-state index contributed by atoms with van der Waals surface area (Å²) in [6.45, 7) is 2.12. The third kappa shape index (κ3) is 1.81. The SMILES string of the molecule is NC1=NCC2(CCN(C(=O)c3ncc[nH]3)CC2)N1. The lowest BCUT2D eigenvalue weighted by molar-refractivity contribution is 0.0657. The van der Waals surface area contributed by atoms with Gasteiger partial charge in [0.05, 0.1) is 12.1 Å². The lowest BCUT2D eigenvalue weighted by Gasteiger charge is -2.38. The van der Waals surface area contributed by atoms with Crippen LogP contribution in [-0.2, 0) is 0 Å². The summed E-state index contributed by atoms with van der Waals surface area (Å²) in [5.74, 6) is 0.878. The maximum absolute atomic E-state index is 12.1. The summed E-state index contributed by atoms with van der Waals surface area (Å²) in [5.41, 5.74) is 5.62. The van der Waals surface area contributed by atoms with Crippen LogP contribution in [0, 0.1) is 0 Å². The van der Waals surface area contributed by atoms with Crippen LogP contribution >= 0.6 is 0 Å². The van der Waals surface area contributed by atoms with E-state index in [0.717, 1.165) is 12.8 Å². The fourth-order valence-electron chi connectivity index (χ4n) is 2.54. The number of imidazole rings is 1. The molecule has 1 aromatic rings. The highest BCUT2D eigenvalue weighted by atomic mass is 16.2. The normalized spacial score (nSPS) is 21.8. The van der Waals surface area contributed by atoms with Crippen molar-refractivity contribution < 1.29 is 4.79 Å². The monoisotopic (exact) mass is 248 g/mol. The molecule has 1 fully saturated rings. The molecule has 3 heterocycles. The Balaban J connectivity index is 1.62. The maximum Gasteiger partial charge on any atom is 0.289 e. The summed E-state index contributed by atoms with van der Waals surface area (Å²) in [7, 11) is 0. The molecule has 0 bridgehead atoms. The molecule has 0 unspecified atom stereocenters. The van der Waals surface area contributed by atoms with Gasteiger partial charge in [0.2, 0.25) is 0 Å². The third-order valence-corrected chi connectivity index (χ3v) is 3.65. The number of hydrogen-bond acceptors (Lipinski definition) is 5. The van der Waals surface area contributed by atoms with Crippen LogP contribution in [0.25, 0.3) is 0 Å². The van der Waals surface area contributed by atoms with E-state index in [-0.39, 0.29) is 11.4 Å². The molecule has 1 saturated heterocycles. The Morgan fingerprint density at radius 3 is 2.78 bits per heavy atom. The number of H-pyrrole nitrogens is 1. The first kappa shape index (κ1) is 11.1. The lowest BCUT2D eigenvalue weighted by Crippen LogP contribution is -2.55. The van der Waals surface area contributed by atoms with Crippen LogP contribution in [0.15, 0.2) is 17.4 Å². The van der Waals surface area contributed by atoms with Crippen molar-refractivity contribution in [3.63, 3.8) is 0 Å². The highest BCUT2D eigenvalue weighted by Crippen LogP contribution is 2.25. The van der Waals surface area contributed by atoms with Gasteiger partial charge in [0.15, 0.2) is 11.8 Å². The number of nitrogens with one attached hydrogen (secondary N) is 2. The second-order valence-corrected chi connectivity index (χ2v) is 4.84. The molecular weight excluding hydrogens is 232 g/mol. The number of carbonyl (C=O) groups is 1. The predicted molar refractivity (Wildman–Crippen MR) is 66.1 cm³/mol. The van der Waals surface area contributed by atoms with Crippen LogP contribution in [0.3, 0.4) is 0 Å². The first-order valence-electron chi connectivity index (χ1n) is 6.05. The zero-order valence-electron chi connectivity index (χ0n) is 10.0. The van der Waals surface area contributed by atoms with E-state index in [0.29, 0.717) is 31.4 Å². The van der Waals surface area contributed by atoms with Crippen molar-refractivity contribution in [2.45, 2.75) is 18.4 Å². The number of nitrogens with two attached hydrogens (primary N) is 1. The van der Waals surface area contributed by atoms with Gasteiger partial charge in [-0.05, 0) is 12.8 Å². The van der Waals surface area contributed by atoms with Crippen molar-refractivity contribution in [3.8, 4) is 0 Å². The quantitative estimate of drug-likeness (QED) is 0.612. The molecule has 3 rings (SSSR count). The Morgan fingerprint density at radius 2 is 2.22 bits per heavy atom. The van der Waals surface area contributed by atoms with Crippen LogP contribution in [0.5, 0.6) is 0 Å². The van der Waals surface area contributed by atoms with Gasteiger partial charge in [-0.15, -0.1) is 0 Å². The van der Waals surface area contributed by atoms with Crippen molar-refractivity contribution in [1.82, 2.24) is 20.2 Å². The Hall–Kier alpha value is -2.05. The zero-order chi connectivity index (χ0) is 12.6. The van der Waals surface area contributed by atoms with Crippen molar-refractivity contribution in [3.05, 3.63) is 18.2 Å². The first-order valence-corrected chi connectivity index (χ1v) is 6.05. The molecule has 96 valence electrons. The summed E-state index contributed by atoms with van der Waals surface area (Å²) in [6.07, 6.45) is 4.98. The Kier molecular flexibility index (Phi) is 2.46. The molecule has 0 aliphatic carbocycles. The number of aromatic nitrogens is 2. The molecule has 0 aromatic carbocycles.